The molecule has 0 aromatic carbocycles. The van der Waals surface area contributed by atoms with Gasteiger partial charge in [-0.05, 0) is 13.5 Å². The van der Waals surface area contributed by atoms with Crippen LogP contribution < -0.4 is 10.2 Å². The molecule has 0 aliphatic rings. The van der Waals surface area contributed by atoms with Crippen LogP contribution >= 0.6 is 0 Å². The highest BCUT2D eigenvalue weighted by Gasteiger charge is 2.27. The fourth-order valence-corrected chi connectivity index (χ4v) is 1.80. The summed E-state index contributed by atoms with van der Waals surface area (Å²) in [5.41, 5.74) is 0.650. The molecule has 1 N–H and O–H groups in total. The first-order chi connectivity index (χ1) is 8.02. The lowest BCUT2D eigenvalue weighted by molar-refractivity contribution is -0.384. The number of nitrogens with one attached hydrogen (secondary N) is 1. The third-order valence-corrected chi connectivity index (χ3v) is 2.64. The Hall–Kier alpha value is -1.63. The summed E-state index contributed by atoms with van der Waals surface area (Å²) in [5.74, 6) is 0.558. The lowest BCUT2D eigenvalue weighted by Crippen LogP contribution is -2.29. The van der Waals surface area contributed by atoms with Crippen LogP contribution in [0.4, 0.5) is 11.5 Å². The summed E-state index contributed by atoms with van der Waals surface area (Å²) in [6.07, 6.45) is 0.560. The summed E-state index contributed by atoms with van der Waals surface area (Å²) < 4.78 is 1.58. The van der Waals surface area contributed by atoms with Gasteiger partial charge in [0.1, 0.15) is 5.69 Å². The van der Waals surface area contributed by atoms with Crippen LogP contribution in [-0.2, 0) is 13.5 Å². The van der Waals surface area contributed by atoms with E-state index >= 15 is 0 Å². The van der Waals surface area contributed by atoms with Crippen molar-refractivity contribution in [1.82, 2.24) is 15.1 Å². The van der Waals surface area contributed by atoms with E-state index in [9.17, 15) is 10.1 Å². The highest BCUT2D eigenvalue weighted by molar-refractivity contribution is 5.61. The van der Waals surface area contributed by atoms with Crippen LogP contribution in [0.2, 0.25) is 0 Å². The van der Waals surface area contributed by atoms with Crippen molar-refractivity contribution in [3.8, 4) is 0 Å². The van der Waals surface area contributed by atoms with Crippen LogP contribution in [0.25, 0.3) is 0 Å². The fourth-order valence-electron chi connectivity index (χ4n) is 1.80. The largest absolute Gasteiger partial charge is 0.353 e. The van der Waals surface area contributed by atoms with Gasteiger partial charge in [-0.1, -0.05) is 6.92 Å². The Bertz CT molecular complexity index is 402. The van der Waals surface area contributed by atoms with E-state index in [-0.39, 0.29) is 10.6 Å². The lowest BCUT2D eigenvalue weighted by Gasteiger charge is -2.17. The van der Waals surface area contributed by atoms with Crippen molar-refractivity contribution in [3.05, 3.63) is 15.8 Å². The Morgan fingerprint density at radius 3 is 2.71 bits per heavy atom. The van der Waals surface area contributed by atoms with Gasteiger partial charge >= 0.3 is 5.69 Å². The Kier molecular flexibility index (Phi) is 4.45. The first kappa shape index (κ1) is 13.4. The number of hydrogen-bond donors (Lipinski definition) is 1. The third-order valence-electron chi connectivity index (χ3n) is 2.64. The maximum Gasteiger partial charge on any atom is 0.334 e. The first-order valence-corrected chi connectivity index (χ1v) is 5.58. The Balaban J connectivity index is 3.12. The predicted molar refractivity (Wildman–Crippen MR) is 66.4 cm³/mol. The molecule has 0 saturated carbocycles. The molecular formula is C10H19N5O2. The van der Waals surface area contributed by atoms with Gasteiger partial charge in [0.05, 0.1) is 4.92 Å². The minimum Gasteiger partial charge on any atom is -0.353 e. The van der Waals surface area contributed by atoms with E-state index in [1.807, 2.05) is 25.9 Å². The zero-order chi connectivity index (χ0) is 13.0. The smallest absolute Gasteiger partial charge is 0.334 e. The maximum absolute atomic E-state index is 11.1. The van der Waals surface area contributed by atoms with E-state index in [2.05, 4.69) is 10.4 Å². The van der Waals surface area contributed by atoms with Gasteiger partial charge in [-0.3, -0.25) is 10.1 Å². The number of nitrogens with zero attached hydrogens (tertiary/aromatic N) is 4. The molecule has 17 heavy (non-hydrogen) atoms. The summed E-state index contributed by atoms with van der Waals surface area (Å²) in [7, 11) is 5.42. The Morgan fingerprint density at radius 2 is 2.24 bits per heavy atom. The van der Waals surface area contributed by atoms with Crippen molar-refractivity contribution >= 4 is 11.5 Å². The van der Waals surface area contributed by atoms with Crippen molar-refractivity contribution < 1.29 is 4.92 Å². The normalized spacial score (nSPS) is 10.6. The average molecular weight is 241 g/mol. The Morgan fingerprint density at radius 1 is 1.59 bits per heavy atom. The summed E-state index contributed by atoms with van der Waals surface area (Å²) in [6.45, 7) is 3.33. The summed E-state index contributed by atoms with van der Waals surface area (Å²) in [6, 6.07) is 0. The van der Waals surface area contributed by atoms with Crippen LogP contribution in [0.5, 0.6) is 0 Å². The van der Waals surface area contributed by atoms with E-state index in [0.717, 1.165) is 6.54 Å². The molecule has 96 valence electrons. The van der Waals surface area contributed by atoms with E-state index in [1.54, 1.807) is 11.7 Å². The molecule has 0 aliphatic heterocycles. The predicted octanol–water partition coefficient (Wildman–Crippen LogP) is 0.546. The monoisotopic (exact) mass is 241 g/mol. The molecule has 0 aliphatic carbocycles. The number of anilines is 1. The standard InChI is InChI=1S/C10H19N5O2/c1-5-8-9(15(16)17)10(14(4)12-8)13(3)7-6-11-2/h11H,5-7H2,1-4H3. The second kappa shape index (κ2) is 5.62. The van der Waals surface area contributed by atoms with Gasteiger partial charge in [0.25, 0.3) is 0 Å². The van der Waals surface area contributed by atoms with Crippen molar-refractivity contribution in [2.24, 2.45) is 7.05 Å². The van der Waals surface area contributed by atoms with Gasteiger partial charge in [-0.2, -0.15) is 5.10 Å². The van der Waals surface area contributed by atoms with E-state index in [4.69, 9.17) is 0 Å². The second-order valence-corrected chi connectivity index (χ2v) is 3.88. The molecule has 0 fully saturated rings. The lowest BCUT2D eigenvalue weighted by atomic mass is 10.3. The highest BCUT2D eigenvalue weighted by atomic mass is 16.6. The van der Waals surface area contributed by atoms with Crippen molar-refractivity contribution in [3.63, 3.8) is 0 Å². The van der Waals surface area contributed by atoms with Gasteiger partial charge in [-0.15, -0.1) is 0 Å². The SMILES string of the molecule is CCc1nn(C)c(N(C)CCNC)c1[N+](=O)[O-]. The summed E-state index contributed by atoms with van der Waals surface area (Å²) in [5, 5.41) is 18.3. The van der Waals surface area contributed by atoms with Crippen LogP contribution in [0.15, 0.2) is 0 Å². The maximum atomic E-state index is 11.1. The molecular weight excluding hydrogens is 222 g/mol. The molecule has 0 unspecified atom stereocenters. The number of nitro groups is 1. The van der Waals surface area contributed by atoms with Crippen LogP contribution in [0, 0.1) is 10.1 Å². The molecule has 0 bridgehead atoms. The van der Waals surface area contributed by atoms with E-state index in [1.165, 1.54) is 0 Å². The minimum absolute atomic E-state index is 0.119. The zero-order valence-electron chi connectivity index (χ0n) is 10.7. The molecule has 7 nitrogen and oxygen atoms in total. The van der Waals surface area contributed by atoms with Gasteiger partial charge in [0.15, 0.2) is 0 Å². The molecule has 1 aromatic heterocycles. The average Bonchev–Trinajstić information content (AvgIpc) is 2.63. The van der Waals surface area contributed by atoms with Gasteiger partial charge in [-0.25, -0.2) is 4.68 Å². The van der Waals surface area contributed by atoms with Crippen molar-refractivity contribution in [2.45, 2.75) is 13.3 Å². The first-order valence-electron chi connectivity index (χ1n) is 5.58. The van der Waals surface area contributed by atoms with E-state index < -0.39 is 0 Å². The number of aromatic nitrogens is 2. The van der Waals surface area contributed by atoms with Gasteiger partial charge in [0.2, 0.25) is 5.82 Å². The number of likely N-dealkylation sites (N-methyl/N-ethyl adjacent to an activating group) is 2. The number of aryl methyl sites for hydroxylation is 2. The van der Waals surface area contributed by atoms with Crippen LogP contribution in [0.1, 0.15) is 12.6 Å². The molecule has 0 saturated heterocycles. The van der Waals surface area contributed by atoms with Crippen molar-refractivity contribution in [2.75, 3.05) is 32.1 Å². The van der Waals surface area contributed by atoms with Gasteiger partial charge in [0, 0.05) is 27.2 Å². The molecule has 0 radical (unpaired) electrons. The molecule has 1 rings (SSSR count). The van der Waals surface area contributed by atoms with Gasteiger partial charge < -0.3 is 10.2 Å². The zero-order valence-corrected chi connectivity index (χ0v) is 10.7. The minimum atomic E-state index is -0.350. The molecule has 0 atom stereocenters. The number of rotatable bonds is 6. The molecule has 0 amide bonds. The quantitative estimate of drug-likeness (QED) is 0.581. The third kappa shape index (κ3) is 2.73. The number of hydrogen-bond acceptors (Lipinski definition) is 5. The second-order valence-electron chi connectivity index (χ2n) is 3.88. The summed E-state index contributed by atoms with van der Waals surface area (Å²) >= 11 is 0. The van der Waals surface area contributed by atoms with Crippen LogP contribution in [0.3, 0.4) is 0 Å². The molecule has 1 aromatic rings. The molecule has 1 heterocycles. The van der Waals surface area contributed by atoms with Crippen molar-refractivity contribution in [1.29, 1.82) is 0 Å². The Labute approximate surface area is 101 Å². The topological polar surface area (TPSA) is 76.2 Å². The summed E-state index contributed by atoms with van der Waals surface area (Å²) in [4.78, 5) is 12.6. The fraction of sp³-hybridized carbons (Fsp3) is 0.700. The van der Waals surface area contributed by atoms with Crippen LogP contribution in [-0.4, -0.2) is 41.9 Å². The highest BCUT2D eigenvalue weighted by Crippen LogP contribution is 2.30. The van der Waals surface area contributed by atoms with E-state index in [0.29, 0.717) is 24.5 Å². The molecule has 0 spiro atoms. The molecule has 7 heteroatoms.